The van der Waals surface area contributed by atoms with Gasteiger partial charge in [-0.05, 0) is 80.3 Å². The van der Waals surface area contributed by atoms with E-state index >= 15 is 0 Å². The molecule has 4 rings (SSSR count). The summed E-state index contributed by atoms with van der Waals surface area (Å²) in [4.78, 5) is 24.1. The second-order valence-electron chi connectivity index (χ2n) is 11.3. The highest BCUT2D eigenvalue weighted by Crippen LogP contribution is 2.43. The quantitative estimate of drug-likeness (QED) is 0.0439. The van der Waals surface area contributed by atoms with Gasteiger partial charge in [0.25, 0.3) is 5.69 Å². The average molecular weight is 558 g/mol. The Hall–Kier alpha value is -3.51. The Balaban J connectivity index is 1.19. The summed E-state index contributed by atoms with van der Waals surface area (Å²) in [5.74, 6) is 0.00721. The lowest BCUT2D eigenvalue weighted by atomic mass is 9.95. The van der Waals surface area contributed by atoms with E-state index in [4.69, 9.17) is 9.47 Å². The summed E-state index contributed by atoms with van der Waals surface area (Å²) in [5.41, 5.74) is 6.85. The van der Waals surface area contributed by atoms with Crippen LogP contribution >= 0.6 is 0 Å². The molecule has 0 aliphatic carbocycles. The highest BCUT2D eigenvalue weighted by Gasteiger charge is 2.49. The molecule has 1 aliphatic rings. The van der Waals surface area contributed by atoms with Crippen LogP contribution in [0, 0.1) is 24.0 Å². The molecular weight excluding hydrogens is 514 g/mol. The summed E-state index contributed by atoms with van der Waals surface area (Å²) >= 11 is 0. The molecule has 3 aromatic carbocycles. The first kappa shape index (κ1) is 30.4. The third-order valence-corrected chi connectivity index (χ3v) is 8.09. The van der Waals surface area contributed by atoms with Crippen molar-refractivity contribution in [1.82, 2.24) is 0 Å². The molecule has 1 heterocycles. The van der Waals surface area contributed by atoms with Crippen LogP contribution in [0.2, 0.25) is 0 Å². The SMILES string of the molecule is CCc1ccc(OC(=O)C2OC2c2cccc([N+](=O)[O-])c2CCCCCCCCCCc2ccc(C)cc2C)cc1. The van der Waals surface area contributed by atoms with Gasteiger partial charge in [0.2, 0.25) is 0 Å². The minimum atomic E-state index is -0.739. The first-order valence-electron chi connectivity index (χ1n) is 15.2. The zero-order valence-electron chi connectivity index (χ0n) is 24.7. The topological polar surface area (TPSA) is 82.0 Å². The first-order valence-corrected chi connectivity index (χ1v) is 15.2. The van der Waals surface area contributed by atoms with Gasteiger partial charge in [-0.25, -0.2) is 4.79 Å². The van der Waals surface area contributed by atoms with Crippen molar-refractivity contribution in [1.29, 1.82) is 0 Å². The van der Waals surface area contributed by atoms with E-state index in [1.165, 1.54) is 48.8 Å². The van der Waals surface area contributed by atoms with Gasteiger partial charge in [0.15, 0.2) is 6.10 Å². The zero-order chi connectivity index (χ0) is 29.2. The number of nitrogens with zero attached hydrogens (tertiary/aromatic N) is 1. The Morgan fingerprint density at radius 2 is 1.54 bits per heavy atom. The largest absolute Gasteiger partial charge is 0.425 e. The number of carbonyl (C=O) groups excluding carboxylic acids is 1. The number of carbonyl (C=O) groups is 1. The van der Waals surface area contributed by atoms with Crippen LogP contribution in [0.3, 0.4) is 0 Å². The predicted octanol–water partition coefficient (Wildman–Crippen LogP) is 8.73. The minimum absolute atomic E-state index is 0.101. The van der Waals surface area contributed by atoms with Crippen molar-refractivity contribution in [2.45, 2.75) is 104 Å². The van der Waals surface area contributed by atoms with E-state index in [0.29, 0.717) is 17.7 Å². The van der Waals surface area contributed by atoms with Crippen molar-refractivity contribution in [3.8, 4) is 5.75 Å². The second-order valence-corrected chi connectivity index (χ2v) is 11.3. The summed E-state index contributed by atoms with van der Waals surface area (Å²) < 4.78 is 11.2. The maximum absolute atomic E-state index is 12.7. The van der Waals surface area contributed by atoms with Gasteiger partial charge in [-0.15, -0.1) is 0 Å². The van der Waals surface area contributed by atoms with Crippen LogP contribution in [0.25, 0.3) is 0 Å². The van der Waals surface area contributed by atoms with Crippen LogP contribution in [0.4, 0.5) is 5.69 Å². The Labute approximate surface area is 244 Å². The Kier molecular flexibility index (Phi) is 11.1. The molecule has 0 N–H and O–H groups in total. The third kappa shape index (κ3) is 8.74. The fourth-order valence-electron chi connectivity index (χ4n) is 5.60. The molecule has 0 amide bonds. The van der Waals surface area contributed by atoms with Crippen molar-refractivity contribution in [3.05, 3.63) is 104 Å². The number of unbranched alkanes of at least 4 members (excludes halogenated alkanes) is 7. The number of epoxide rings is 1. The van der Waals surface area contributed by atoms with Crippen molar-refractivity contribution in [2.75, 3.05) is 0 Å². The fourth-order valence-corrected chi connectivity index (χ4v) is 5.60. The number of nitro groups is 1. The molecule has 1 fully saturated rings. The zero-order valence-corrected chi connectivity index (χ0v) is 24.7. The molecule has 41 heavy (non-hydrogen) atoms. The molecule has 6 heteroatoms. The van der Waals surface area contributed by atoms with Crippen molar-refractivity contribution < 1.29 is 19.2 Å². The first-order chi connectivity index (χ1) is 19.9. The monoisotopic (exact) mass is 557 g/mol. The molecule has 1 saturated heterocycles. The summed E-state index contributed by atoms with van der Waals surface area (Å²) in [6.07, 6.45) is 10.6. The highest BCUT2D eigenvalue weighted by molar-refractivity contribution is 5.81. The maximum Gasteiger partial charge on any atom is 0.343 e. The maximum atomic E-state index is 12.7. The lowest BCUT2D eigenvalue weighted by Crippen LogP contribution is -2.16. The molecule has 3 aromatic rings. The van der Waals surface area contributed by atoms with Gasteiger partial charge in [-0.2, -0.15) is 0 Å². The van der Waals surface area contributed by atoms with Gasteiger partial charge in [0.05, 0.1) is 4.92 Å². The number of benzene rings is 3. The summed E-state index contributed by atoms with van der Waals surface area (Å²) in [5, 5.41) is 11.8. The molecule has 2 unspecified atom stereocenters. The highest BCUT2D eigenvalue weighted by atomic mass is 16.6. The van der Waals surface area contributed by atoms with E-state index in [0.717, 1.165) is 43.2 Å². The van der Waals surface area contributed by atoms with E-state index < -0.39 is 18.2 Å². The predicted molar refractivity (Wildman–Crippen MR) is 162 cm³/mol. The van der Waals surface area contributed by atoms with Crippen molar-refractivity contribution in [3.63, 3.8) is 0 Å². The van der Waals surface area contributed by atoms with E-state index in [9.17, 15) is 14.9 Å². The van der Waals surface area contributed by atoms with Gasteiger partial charge in [0, 0.05) is 11.6 Å². The molecule has 0 aromatic heterocycles. The van der Waals surface area contributed by atoms with Crippen LogP contribution in [0.15, 0.2) is 60.7 Å². The van der Waals surface area contributed by atoms with Gasteiger partial charge in [-0.3, -0.25) is 10.1 Å². The minimum Gasteiger partial charge on any atom is -0.425 e. The molecule has 0 radical (unpaired) electrons. The van der Waals surface area contributed by atoms with Crippen LogP contribution in [-0.2, 0) is 28.8 Å². The van der Waals surface area contributed by atoms with Crippen LogP contribution < -0.4 is 4.74 Å². The summed E-state index contributed by atoms with van der Waals surface area (Å²) in [6.45, 7) is 6.41. The summed E-state index contributed by atoms with van der Waals surface area (Å²) in [6, 6.07) is 19.2. The van der Waals surface area contributed by atoms with Gasteiger partial charge >= 0.3 is 5.97 Å². The molecule has 2 atom stereocenters. The van der Waals surface area contributed by atoms with Crippen molar-refractivity contribution >= 4 is 11.7 Å². The molecule has 0 spiro atoms. The molecule has 1 aliphatic heterocycles. The lowest BCUT2D eigenvalue weighted by Gasteiger charge is -2.09. The lowest BCUT2D eigenvalue weighted by molar-refractivity contribution is -0.385. The van der Waals surface area contributed by atoms with Crippen molar-refractivity contribution in [2.24, 2.45) is 0 Å². The Morgan fingerprint density at radius 1 is 0.878 bits per heavy atom. The molecule has 218 valence electrons. The standard InChI is InChI=1S/C35H43NO5/c1-4-27-19-22-29(23-20-27)40-35(37)34-33(41-34)31-16-13-17-32(36(38)39)30(31)15-12-10-8-6-5-7-9-11-14-28-21-18-25(2)24-26(28)3/h13,16-24,33-34H,4-12,14-15H2,1-3H3. The van der Waals surface area contributed by atoms with E-state index in [1.807, 2.05) is 18.2 Å². The molecule has 0 bridgehead atoms. The second kappa shape index (κ2) is 14.9. The molecule has 0 saturated carbocycles. The number of hydrogen-bond acceptors (Lipinski definition) is 5. The summed E-state index contributed by atoms with van der Waals surface area (Å²) in [7, 11) is 0. The van der Waals surface area contributed by atoms with Crippen LogP contribution in [-0.4, -0.2) is 17.0 Å². The number of esters is 1. The molecule has 6 nitrogen and oxygen atoms in total. The number of nitro benzene ring substituents is 1. The van der Waals surface area contributed by atoms with Crippen LogP contribution in [0.5, 0.6) is 5.75 Å². The average Bonchev–Trinajstić information content (AvgIpc) is 3.76. The van der Waals surface area contributed by atoms with E-state index in [1.54, 1.807) is 24.3 Å². The number of hydrogen-bond donors (Lipinski definition) is 0. The smallest absolute Gasteiger partial charge is 0.343 e. The van der Waals surface area contributed by atoms with Gasteiger partial charge in [-0.1, -0.05) is 93.5 Å². The van der Waals surface area contributed by atoms with E-state index in [2.05, 4.69) is 39.0 Å². The third-order valence-electron chi connectivity index (χ3n) is 8.09. The van der Waals surface area contributed by atoms with E-state index in [-0.39, 0.29) is 10.6 Å². The normalized spacial score (nSPS) is 16.0. The number of rotatable bonds is 16. The van der Waals surface area contributed by atoms with Gasteiger partial charge < -0.3 is 9.47 Å². The Morgan fingerprint density at radius 3 is 2.17 bits per heavy atom. The van der Waals surface area contributed by atoms with Gasteiger partial charge in [0.1, 0.15) is 11.9 Å². The number of aryl methyl sites for hydroxylation is 4. The van der Waals surface area contributed by atoms with Crippen LogP contribution in [0.1, 0.15) is 97.8 Å². The number of ether oxygens (including phenoxy) is 2. The Bertz CT molecular complexity index is 1320. The molecular formula is C35H43NO5. The fraction of sp³-hybridized carbons (Fsp3) is 0.457.